The number of rotatable bonds is 6. The number of anilines is 1. The summed E-state index contributed by atoms with van der Waals surface area (Å²) >= 11 is 0. The molecule has 0 N–H and O–H groups in total. The van der Waals surface area contributed by atoms with Gasteiger partial charge in [0.25, 0.3) is 0 Å². The van der Waals surface area contributed by atoms with E-state index in [4.69, 9.17) is 4.74 Å². The molecule has 0 aromatic heterocycles. The van der Waals surface area contributed by atoms with E-state index in [2.05, 4.69) is 13.5 Å². The average Bonchev–Trinajstić information content (AvgIpc) is 3.24. The first-order valence-electron chi connectivity index (χ1n) is 7.85. The van der Waals surface area contributed by atoms with Crippen molar-refractivity contribution in [3.05, 3.63) is 42.5 Å². The van der Waals surface area contributed by atoms with Gasteiger partial charge in [-0.3, -0.25) is 9.59 Å². The van der Waals surface area contributed by atoms with Crippen molar-refractivity contribution in [1.82, 2.24) is 0 Å². The van der Waals surface area contributed by atoms with Crippen molar-refractivity contribution in [3.63, 3.8) is 0 Å². The fraction of sp³-hybridized carbons (Fsp3) is 0.444. The van der Waals surface area contributed by atoms with Crippen molar-refractivity contribution in [2.24, 2.45) is 5.92 Å². The van der Waals surface area contributed by atoms with Crippen LogP contribution < -0.4 is 4.90 Å². The summed E-state index contributed by atoms with van der Waals surface area (Å²) in [5.74, 6) is -0.573. The number of esters is 1. The molecule has 1 heterocycles. The van der Waals surface area contributed by atoms with E-state index in [1.165, 1.54) is 0 Å². The van der Waals surface area contributed by atoms with E-state index >= 15 is 0 Å². The van der Waals surface area contributed by atoms with Crippen LogP contribution in [0.1, 0.15) is 31.7 Å². The Balaban J connectivity index is 1.85. The second-order valence-electron chi connectivity index (χ2n) is 5.97. The van der Waals surface area contributed by atoms with Crippen molar-refractivity contribution in [2.75, 3.05) is 18.1 Å². The van der Waals surface area contributed by atoms with E-state index in [-0.39, 0.29) is 17.8 Å². The average molecular weight is 299 g/mol. The predicted molar refractivity (Wildman–Crippen MR) is 84.6 cm³/mol. The lowest BCUT2D eigenvalue weighted by atomic mass is 9.95. The van der Waals surface area contributed by atoms with Crippen LogP contribution in [0.2, 0.25) is 0 Å². The first-order chi connectivity index (χ1) is 10.7. The van der Waals surface area contributed by atoms with Gasteiger partial charge in [-0.15, -0.1) is 6.58 Å². The van der Waals surface area contributed by atoms with Gasteiger partial charge < -0.3 is 9.64 Å². The van der Waals surface area contributed by atoms with E-state index in [0.717, 1.165) is 24.1 Å². The molecule has 1 aromatic carbocycles. The minimum Gasteiger partial charge on any atom is -0.465 e. The lowest BCUT2D eigenvalue weighted by molar-refractivity contribution is -0.146. The Morgan fingerprint density at radius 2 is 2.27 bits per heavy atom. The zero-order valence-corrected chi connectivity index (χ0v) is 12.9. The predicted octanol–water partition coefficient (Wildman–Crippen LogP) is 2.82. The van der Waals surface area contributed by atoms with Gasteiger partial charge in [0.15, 0.2) is 0 Å². The van der Waals surface area contributed by atoms with Crippen molar-refractivity contribution in [3.8, 4) is 0 Å². The number of fused-ring (bicyclic) bond motifs is 2. The molecular weight excluding hydrogens is 278 g/mol. The third-order valence-electron chi connectivity index (χ3n) is 4.60. The summed E-state index contributed by atoms with van der Waals surface area (Å²) in [4.78, 5) is 26.8. The number of unbranched alkanes of at least 4 members (excludes halogenated alkanes) is 1. The third kappa shape index (κ3) is 2.05. The van der Waals surface area contributed by atoms with Crippen molar-refractivity contribution < 1.29 is 14.3 Å². The standard InChI is InChI=1S/C18H21NO3/c1-3-5-11-22-16(20)14-12-18(14)13-8-6-7-9-15(13)19(10-4-2)17(18)21/h4,6-9,14H,2-3,5,10-12H2,1H3. The van der Waals surface area contributed by atoms with Crippen LogP contribution in [0.25, 0.3) is 0 Å². The summed E-state index contributed by atoms with van der Waals surface area (Å²) in [6, 6.07) is 7.72. The lowest BCUT2D eigenvalue weighted by Gasteiger charge is -2.15. The highest BCUT2D eigenvalue weighted by molar-refractivity contribution is 6.13. The first-order valence-corrected chi connectivity index (χ1v) is 7.85. The molecule has 1 spiro atoms. The molecule has 1 aliphatic heterocycles. The summed E-state index contributed by atoms with van der Waals surface area (Å²) in [5, 5.41) is 0. The number of hydrogen-bond acceptors (Lipinski definition) is 3. The normalized spacial score (nSPS) is 25.2. The summed E-state index contributed by atoms with van der Waals surface area (Å²) in [7, 11) is 0. The number of carbonyl (C=O) groups is 2. The van der Waals surface area contributed by atoms with Crippen molar-refractivity contribution in [2.45, 2.75) is 31.6 Å². The first kappa shape index (κ1) is 14.8. The van der Waals surface area contributed by atoms with Crippen LogP contribution in [-0.2, 0) is 19.7 Å². The van der Waals surface area contributed by atoms with Crippen molar-refractivity contribution in [1.29, 1.82) is 0 Å². The summed E-state index contributed by atoms with van der Waals surface area (Å²) in [6.07, 6.45) is 4.11. The maximum atomic E-state index is 12.9. The van der Waals surface area contributed by atoms with Gasteiger partial charge in [-0.1, -0.05) is 37.6 Å². The zero-order chi connectivity index (χ0) is 15.7. The molecule has 0 bridgehead atoms. The van der Waals surface area contributed by atoms with Crippen LogP contribution in [0.3, 0.4) is 0 Å². The molecule has 116 valence electrons. The highest BCUT2D eigenvalue weighted by Gasteiger charge is 2.70. The second kappa shape index (κ2) is 5.59. The Bertz CT molecular complexity index is 625. The Morgan fingerprint density at radius 1 is 1.50 bits per heavy atom. The number of carbonyl (C=O) groups excluding carboxylic acids is 2. The van der Waals surface area contributed by atoms with Crippen LogP contribution in [0.5, 0.6) is 0 Å². The SMILES string of the molecule is C=CCN1C(=O)C2(CC2C(=O)OCCCC)c2ccccc21. The molecule has 2 aliphatic rings. The van der Waals surface area contributed by atoms with Gasteiger partial charge in [0.2, 0.25) is 5.91 Å². The van der Waals surface area contributed by atoms with Crippen LogP contribution >= 0.6 is 0 Å². The molecule has 4 nitrogen and oxygen atoms in total. The maximum Gasteiger partial charge on any atom is 0.310 e. The minimum atomic E-state index is -0.692. The molecule has 1 aliphatic carbocycles. The molecule has 1 amide bonds. The van der Waals surface area contributed by atoms with Crippen LogP contribution in [0.4, 0.5) is 5.69 Å². The Morgan fingerprint density at radius 3 is 3.00 bits per heavy atom. The third-order valence-corrected chi connectivity index (χ3v) is 4.60. The number of amides is 1. The fourth-order valence-electron chi connectivity index (χ4n) is 3.36. The van der Waals surface area contributed by atoms with E-state index < -0.39 is 5.41 Å². The van der Waals surface area contributed by atoms with Crippen molar-refractivity contribution >= 4 is 17.6 Å². The molecule has 3 rings (SSSR count). The second-order valence-corrected chi connectivity index (χ2v) is 5.97. The monoisotopic (exact) mass is 299 g/mol. The maximum absolute atomic E-state index is 12.9. The smallest absolute Gasteiger partial charge is 0.310 e. The van der Waals surface area contributed by atoms with Gasteiger partial charge in [0.05, 0.1) is 17.9 Å². The lowest BCUT2D eigenvalue weighted by Crippen LogP contribution is -2.34. The molecule has 0 radical (unpaired) electrons. The van der Waals surface area contributed by atoms with Gasteiger partial charge in [0.1, 0.15) is 0 Å². The molecule has 22 heavy (non-hydrogen) atoms. The molecule has 0 saturated heterocycles. The van der Waals surface area contributed by atoms with E-state index in [1.54, 1.807) is 11.0 Å². The molecule has 1 fully saturated rings. The Kier molecular flexibility index (Phi) is 3.77. The number of ether oxygens (including phenoxy) is 1. The van der Waals surface area contributed by atoms with E-state index in [1.807, 2.05) is 24.3 Å². The molecule has 1 saturated carbocycles. The number of para-hydroxylation sites is 1. The Hall–Kier alpha value is -2.10. The van der Waals surface area contributed by atoms with Crippen LogP contribution in [0, 0.1) is 5.92 Å². The number of nitrogens with zero attached hydrogens (tertiary/aromatic N) is 1. The van der Waals surface area contributed by atoms with Gasteiger partial charge in [0, 0.05) is 12.2 Å². The molecule has 2 unspecified atom stereocenters. The van der Waals surface area contributed by atoms with Crippen LogP contribution in [-0.4, -0.2) is 25.0 Å². The molecule has 1 aromatic rings. The van der Waals surface area contributed by atoms with Crippen LogP contribution in [0.15, 0.2) is 36.9 Å². The van der Waals surface area contributed by atoms with E-state index in [9.17, 15) is 9.59 Å². The highest BCUT2D eigenvalue weighted by atomic mass is 16.5. The molecule has 4 heteroatoms. The zero-order valence-electron chi connectivity index (χ0n) is 12.9. The topological polar surface area (TPSA) is 46.6 Å². The summed E-state index contributed by atoms with van der Waals surface area (Å²) in [5.41, 5.74) is 1.17. The summed E-state index contributed by atoms with van der Waals surface area (Å²) < 4.78 is 5.32. The summed E-state index contributed by atoms with van der Waals surface area (Å²) in [6.45, 7) is 6.68. The highest BCUT2D eigenvalue weighted by Crippen LogP contribution is 2.62. The molecule has 2 atom stereocenters. The minimum absolute atomic E-state index is 0.00559. The van der Waals surface area contributed by atoms with Gasteiger partial charge in [-0.25, -0.2) is 0 Å². The Labute approximate surface area is 130 Å². The van der Waals surface area contributed by atoms with Gasteiger partial charge in [-0.05, 0) is 24.5 Å². The quantitative estimate of drug-likeness (QED) is 0.461. The van der Waals surface area contributed by atoms with Gasteiger partial charge in [-0.2, -0.15) is 0 Å². The fourth-order valence-corrected chi connectivity index (χ4v) is 3.36. The number of hydrogen-bond donors (Lipinski definition) is 0. The largest absolute Gasteiger partial charge is 0.465 e. The van der Waals surface area contributed by atoms with E-state index in [0.29, 0.717) is 19.6 Å². The number of benzene rings is 1. The molecular formula is C18H21NO3. The van der Waals surface area contributed by atoms with Gasteiger partial charge >= 0.3 is 5.97 Å².